The van der Waals surface area contributed by atoms with Crippen LogP contribution < -0.4 is 4.90 Å². The first-order valence-electron chi connectivity index (χ1n) is 4.79. The zero-order valence-electron chi connectivity index (χ0n) is 8.81. The van der Waals surface area contributed by atoms with Gasteiger partial charge in [0, 0.05) is 0 Å². The van der Waals surface area contributed by atoms with Crippen molar-refractivity contribution < 1.29 is 23.9 Å². The number of carbonyl (C=O) groups is 3. The molecule has 17 heavy (non-hydrogen) atoms. The predicted molar refractivity (Wildman–Crippen MR) is 55.5 cm³/mol. The van der Waals surface area contributed by atoms with Crippen LogP contribution in [0.25, 0.3) is 0 Å². The van der Waals surface area contributed by atoms with Gasteiger partial charge in [-0.05, 0) is 19.1 Å². The Bertz CT molecular complexity index is 540. The first kappa shape index (κ1) is 11.3. The van der Waals surface area contributed by atoms with Crippen molar-refractivity contribution in [2.24, 2.45) is 0 Å². The summed E-state index contributed by atoms with van der Waals surface area (Å²) in [7, 11) is 0. The van der Waals surface area contributed by atoms with Gasteiger partial charge in [-0.1, -0.05) is 11.6 Å². The fourth-order valence-corrected chi connectivity index (χ4v) is 1.71. The van der Waals surface area contributed by atoms with Gasteiger partial charge >= 0.3 is 11.9 Å². The van der Waals surface area contributed by atoms with Crippen molar-refractivity contribution >= 4 is 23.3 Å². The van der Waals surface area contributed by atoms with Crippen LogP contribution in [0.3, 0.4) is 0 Å². The number of Topliss-reactive ketones (excluding diaryl/α,β-unsaturated/α-hetero) is 1. The van der Waals surface area contributed by atoms with Gasteiger partial charge in [-0.3, -0.25) is 14.5 Å². The number of ketones is 1. The fourth-order valence-electron chi connectivity index (χ4n) is 1.71. The normalized spacial score (nSPS) is 16.0. The number of carboxylic acids is 1. The van der Waals surface area contributed by atoms with Gasteiger partial charge in [-0.2, -0.15) is 0 Å². The van der Waals surface area contributed by atoms with Crippen LogP contribution in [-0.2, 0) is 9.59 Å². The molecule has 1 N–H and O–H groups in total. The summed E-state index contributed by atoms with van der Waals surface area (Å²) in [6.45, 7) is 1.71. The molecule has 6 heteroatoms. The Balaban J connectivity index is 2.56. The number of nitrogens with zero attached hydrogens (tertiary/aromatic N) is 1. The molecule has 1 atom stereocenters. The first-order valence-corrected chi connectivity index (χ1v) is 4.79. The van der Waals surface area contributed by atoms with E-state index in [1.807, 2.05) is 0 Å². The molecule has 0 fully saturated rings. The molecule has 1 aromatic rings. The third kappa shape index (κ3) is 1.57. The summed E-state index contributed by atoms with van der Waals surface area (Å²) < 4.78 is 13.4. The zero-order chi connectivity index (χ0) is 12.7. The Morgan fingerprint density at radius 3 is 2.65 bits per heavy atom. The highest BCUT2D eigenvalue weighted by molar-refractivity contribution is 6.52. The number of amides is 1. The molecule has 0 aliphatic carbocycles. The van der Waals surface area contributed by atoms with E-state index in [9.17, 15) is 18.8 Å². The van der Waals surface area contributed by atoms with Crippen molar-refractivity contribution in [3.8, 4) is 0 Å². The quantitative estimate of drug-likeness (QED) is 0.612. The van der Waals surface area contributed by atoms with E-state index in [-0.39, 0.29) is 11.3 Å². The maximum absolute atomic E-state index is 13.4. The monoisotopic (exact) mass is 237 g/mol. The summed E-state index contributed by atoms with van der Waals surface area (Å²) in [5.41, 5.74) is 0.775. The average Bonchev–Trinajstić information content (AvgIpc) is 2.51. The lowest BCUT2D eigenvalue weighted by atomic mass is 10.1. The number of benzene rings is 1. The van der Waals surface area contributed by atoms with Crippen molar-refractivity contribution in [1.29, 1.82) is 0 Å². The number of rotatable bonds is 2. The Morgan fingerprint density at radius 2 is 2.06 bits per heavy atom. The molecule has 0 bridgehead atoms. The van der Waals surface area contributed by atoms with Crippen LogP contribution in [0.15, 0.2) is 18.2 Å². The standard InChI is InChI=1S/C11H8FNO4/c1-5-2-3-7-6(4-5)8(14)10(15)13(7)9(12)11(16)17/h2-4,9H,1H3,(H,16,17). The van der Waals surface area contributed by atoms with E-state index in [4.69, 9.17) is 5.11 Å². The molecular weight excluding hydrogens is 229 g/mol. The van der Waals surface area contributed by atoms with Crippen molar-refractivity contribution in [3.05, 3.63) is 29.3 Å². The van der Waals surface area contributed by atoms with Crippen LogP contribution in [0.2, 0.25) is 0 Å². The smallest absolute Gasteiger partial charge is 0.360 e. The molecule has 1 aliphatic heterocycles. The predicted octanol–water partition coefficient (Wildman–Crippen LogP) is 0.905. The van der Waals surface area contributed by atoms with Crippen molar-refractivity contribution in [3.63, 3.8) is 0 Å². The van der Waals surface area contributed by atoms with Gasteiger partial charge in [-0.15, -0.1) is 0 Å². The lowest BCUT2D eigenvalue weighted by Crippen LogP contribution is -2.41. The molecule has 0 spiro atoms. The summed E-state index contributed by atoms with van der Waals surface area (Å²) in [6.07, 6.45) is -2.55. The maximum atomic E-state index is 13.4. The topological polar surface area (TPSA) is 74.7 Å². The number of carbonyl (C=O) groups excluding carboxylic acids is 2. The van der Waals surface area contributed by atoms with E-state index >= 15 is 0 Å². The van der Waals surface area contributed by atoms with Crippen LogP contribution in [0, 0.1) is 6.92 Å². The number of halogens is 1. The highest BCUT2D eigenvalue weighted by atomic mass is 19.1. The van der Waals surface area contributed by atoms with Crippen LogP contribution in [0.1, 0.15) is 15.9 Å². The molecule has 0 saturated heterocycles. The van der Waals surface area contributed by atoms with E-state index < -0.39 is 24.0 Å². The van der Waals surface area contributed by atoms with E-state index in [0.717, 1.165) is 5.56 Å². The molecule has 88 valence electrons. The van der Waals surface area contributed by atoms with E-state index in [1.54, 1.807) is 13.0 Å². The zero-order valence-corrected chi connectivity index (χ0v) is 8.81. The fraction of sp³-hybridized carbons (Fsp3) is 0.182. The molecule has 1 aliphatic rings. The largest absolute Gasteiger partial charge is 0.478 e. The number of aliphatic carboxylic acids is 1. The van der Waals surface area contributed by atoms with Gasteiger partial charge in [0.2, 0.25) is 0 Å². The molecule has 1 heterocycles. The molecule has 0 aromatic heterocycles. The van der Waals surface area contributed by atoms with Gasteiger partial charge in [-0.25, -0.2) is 9.18 Å². The van der Waals surface area contributed by atoms with Crippen molar-refractivity contribution in [2.75, 3.05) is 4.90 Å². The van der Waals surface area contributed by atoms with E-state index in [0.29, 0.717) is 4.90 Å². The molecule has 1 amide bonds. The van der Waals surface area contributed by atoms with Gasteiger partial charge in [0.15, 0.2) is 0 Å². The molecule has 0 radical (unpaired) electrons. The first-order chi connectivity index (χ1) is 7.93. The average molecular weight is 237 g/mol. The Labute approximate surface area is 95.5 Å². The highest BCUT2D eigenvalue weighted by Crippen LogP contribution is 2.31. The second kappa shape index (κ2) is 3.65. The van der Waals surface area contributed by atoms with Crippen molar-refractivity contribution in [1.82, 2.24) is 0 Å². The summed E-state index contributed by atoms with van der Waals surface area (Å²) >= 11 is 0. The maximum Gasteiger partial charge on any atom is 0.360 e. The molecule has 2 rings (SSSR count). The number of hydrogen-bond acceptors (Lipinski definition) is 3. The number of aryl methyl sites for hydroxylation is 1. The lowest BCUT2D eigenvalue weighted by molar-refractivity contribution is -0.144. The minimum Gasteiger partial charge on any atom is -0.478 e. The summed E-state index contributed by atoms with van der Waals surface area (Å²) in [4.78, 5) is 33.9. The van der Waals surface area contributed by atoms with Gasteiger partial charge in [0.25, 0.3) is 12.1 Å². The number of alkyl halides is 1. The van der Waals surface area contributed by atoms with Crippen LogP contribution in [-0.4, -0.2) is 29.1 Å². The lowest BCUT2D eigenvalue weighted by Gasteiger charge is -2.17. The molecular formula is C11H8FNO4. The van der Waals surface area contributed by atoms with Gasteiger partial charge < -0.3 is 5.11 Å². The summed E-state index contributed by atoms with van der Waals surface area (Å²) in [5, 5.41) is 8.55. The Kier molecular flexibility index (Phi) is 2.42. The molecule has 1 aromatic carbocycles. The van der Waals surface area contributed by atoms with Crippen molar-refractivity contribution in [2.45, 2.75) is 13.2 Å². The van der Waals surface area contributed by atoms with Crippen LogP contribution >= 0.6 is 0 Å². The minimum absolute atomic E-state index is 0.000463. The Morgan fingerprint density at radius 1 is 1.41 bits per heavy atom. The van der Waals surface area contributed by atoms with Gasteiger partial charge in [0.05, 0.1) is 11.3 Å². The van der Waals surface area contributed by atoms with E-state index in [1.165, 1.54) is 12.1 Å². The number of anilines is 1. The number of fused-ring (bicyclic) bond motifs is 1. The van der Waals surface area contributed by atoms with Gasteiger partial charge in [0.1, 0.15) is 0 Å². The SMILES string of the molecule is Cc1ccc2c(c1)C(=O)C(=O)N2C(F)C(=O)O. The second-order valence-corrected chi connectivity index (χ2v) is 3.70. The van der Waals surface area contributed by atoms with Crippen LogP contribution in [0.4, 0.5) is 10.1 Å². The van der Waals surface area contributed by atoms with Crippen LogP contribution in [0.5, 0.6) is 0 Å². The van der Waals surface area contributed by atoms with E-state index in [2.05, 4.69) is 0 Å². The summed E-state index contributed by atoms with van der Waals surface area (Å²) in [6, 6.07) is 4.37. The molecule has 1 unspecified atom stereocenters. The minimum atomic E-state index is -2.55. The molecule has 0 saturated carbocycles. The molecule has 5 nitrogen and oxygen atoms in total. The third-order valence-electron chi connectivity index (χ3n) is 2.50. The number of hydrogen-bond donors (Lipinski definition) is 1. The highest BCUT2D eigenvalue weighted by Gasteiger charge is 2.42. The number of carboxylic acid groups (broad SMARTS) is 1. The summed E-state index contributed by atoms with van der Waals surface area (Å²) in [5.74, 6) is -3.84. The Hall–Kier alpha value is -2.24. The third-order valence-corrected chi connectivity index (χ3v) is 2.50. The second-order valence-electron chi connectivity index (χ2n) is 3.70.